The zero-order valence-electron chi connectivity index (χ0n) is 5.65. The fraction of sp³-hybridized carbons (Fsp3) is 0.833. The van der Waals surface area contributed by atoms with Crippen molar-refractivity contribution in [3.8, 4) is 0 Å². The lowest BCUT2D eigenvalue weighted by Gasteiger charge is -1.92. The molecule has 0 unspecified atom stereocenters. The number of nitrogens with two attached hydrogens (primary N) is 1. The number of hydrogen-bond donors (Lipinski definition) is 1. The highest BCUT2D eigenvalue weighted by atomic mass is 15.1. The van der Waals surface area contributed by atoms with Gasteiger partial charge in [0.2, 0.25) is 0 Å². The van der Waals surface area contributed by atoms with E-state index in [0.29, 0.717) is 0 Å². The van der Waals surface area contributed by atoms with E-state index >= 15 is 0 Å². The van der Waals surface area contributed by atoms with Crippen LogP contribution in [0.3, 0.4) is 0 Å². The highest BCUT2D eigenvalue weighted by Gasteiger charge is 1.86. The van der Waals surface area contributed by atoms with Crippen LogP contribution in [0.1, 0.15) is 33.1 Å². The first-order valence-corrected chi connectivity index (χ1v) is 3.04. The molecular formula is C6H14N2. The molecule has 0 rings (SSSR count). The second kappa shape index (κ2) is 4.62. The number of rotatable bonds is 3. The van der Waals surface area contributed by atoms with Crippen LogP contribution < -0.4 is 5.84 Å². The normalized spacial score (nSPS) is 12.0. The van der Waals surface area contributed by atoms with Crippen LogP contribution in [0.5, 0.6) is 0 Å². The molecule has 0 spiro atoms. The second-order valence-electron chi connectivity index (χ2n) is 1.97. The van der Waals surface area contributed by atoms with E-state index in [2.05, 4.69) is 12.0 Å². The Kier molecular flexibility index (Phi) is 4.32. The second-order valence-corrected chi connectivity index (χ2v) is 1.97. The van der Waals surface area contributed by atoms with Crippen LogP contribution in [0.2, 0.25) is 0 Å². The molecule has 8 heavy (non-hydrogen) atoms. The maximum absolute atomic E-state index is 5.00. The first-order chi connectivity index (χ1) is 3.81. The molecule has 0 fully saturated rings. The Hall–Kier alpha value is -0.530. The predicted molar refractivity (Wildman–Crippen MR) is 36.8 cm³/mol. The SMILES string of the molecule is CCCCC(C)=NN. The van der Waals surface area contributed by atoms with Crippen LogP contribution in [0, 0.1) is 0 Å². The summed E-state index contributed by atoms with van der Waals surface area (Å²) in [5.41, 5.74) is 1.05. The predicted octanol–water partition coefficient (Wildman–Crippen LogP) is 1.51. The van der Waals surface area contributed by atoms with E-state index in [9.17, 15) is 0 Å². The number of hydrazone groups is 1. The Morgan fingerprint density at radius 2 is 2.25 bits per heavy atom. The van der Waals surface area contributed by atoms with Gasteiger partial charge in [0, 0.05) is 5.71 Å². The molecule has 0 aromatic heterocycles. The van der Waals surface area contributed by atoms with Gasteiger partial charge in [0.1, 0.15) is 0 Å². The van der Waals surface area contributed by atoms with E-state index in [-0.39, 0.29) is 0 Å². The van der Waals surface area contributed by atoms with Crippen LogP contribution in [-0.2, 0) is 0 Å². The molecule has 0 heterocycles. The van der Waals surface area contributed by atoms with Crippen LogP contribution in [-0.4, -0.2) is 5.71 Å². The molecule has 0 aromatic rings. The van der Waals surface area contributed by atoms with Crippen LogP contribution in [0.15, 0.2) is 5.10 Å². The summed E-state index contributed by atoms with van der Waals surface area (Å²) >= 11 is 0. The third kappa shape index (κ3) is 3.65. The molecule has 2 N–H and O–H groups in total. The van der Waals surface area contributed by atoms with Gasteiger partial charge in [0.25, 0.3) is 0 Å². The van der Waals surface area contributed by atoms with E-state index in [0.717, 1.165) is 12.1 Å². The molecular weight excluding hydrogens is 100 g/mol. The van der Waals surface area contributed by atoms with Gasteiger partial charge in [-0.25, -0.2) is 0 Å². The summed E-state index contributed by atoms with van der Waals surface area (Å²) in [5.74, 6) is 5.00. The Bertz CT molecular complexity index is 76.6. The molecule has 2 nitrogen and oxygen atoms in total. The van der Waals surface area contributed by atoms with Crippen molar-refractivity contribution >= 4 is 5.71 Å². The largest absolute Gasteiger partial charge is 0.323 e. The van der Waals surface area contributed by atoms with Crippen molar-refractivity contribution in [3.05, 3.63) is 0 Å². The molecule has 0 saturated carbocycles. The molecule has 0 aromatic carbocycles. The summed E-state index contributed by atoms with van der Waals surface area (Å²) < 4.78 is 0. The van der Waals surface area contributed by atoms with Crippen molar-refractivity contribution in [2.24, 2.45) is 10.9 Å². The number of hydrogen-bond acceptors (Lipinski definition) is 2. The lowest BCUT2D eigenvalue weighted by atomic mass is 10.2. The van der Waals surface area contributed by atoms with Crippen LogP contribution >= 0.6 is 0 Å². The topological polar surface area (TPSA) is 38.4 Å². The highest BCUT2D eigenvalue weighted by molar-refractivity contribution is 5.81. The van der Waals surface area contributed by atoms with E-state index in [1.54, 1.807) is 0 Å². The van der Waals surface area contributed by atoms with Crippen molar-refractivity contribution in [1.82, 2.24) is 0 Å². The van der Waals surface area contributed by atoms with Gasteiger partial charge in [-0.2, -0.15) is 5.10 Å². The third-order valence-corrected chi connectivity index (χ3v) is 1.11. The molecule has 0 aliphatic carbocycles. The first-order valence-electron chi connectivity index (χ1n) is 3.04. The maximum atomic E-state index is 5.00. The van der Waals surface area contributed by atoms with Crippen molar-refractivity contribution in [2.75, 3.05) is 0 Å². The van der Waals surface area contributed by atoms with E-state index in [4.69, 9.17) is 5.84 Å². The molecule has 0 saturated heterocycles. The summed E-state index contributed by atoms with van der Waals surface area (Å²) in [6.45, 7) is 4.11. The zero-order chi connectivity index (χ0) is 6.41. The first kappa shape index (κ1) is 7.47. The smallest absolute Gasteiger partial charge is 0.0345 e. The standard InChI is InChI=1S/C6H14N2/c1-3-4-5-6(2)8-7/h3-5,7H2,1-2H3. The summed E-state index contributed by atoms with van der Waals surface area (Å²) in [5, 5.41) is 3.54. The third-order valence-electron chi connectivity index (χ3n) is 1.11. The van der Waals surface area contributed by atoms with E-state index in [1.165, 1.54) is 12.8 Å². The lowest BCUT2D eigenvalue weighted by Crippen LogP contribution is -1.94. The average Bonchev–Trinajstić information content (AvgIpc) is 1.83. The number of unbranched alkanes of at least 4 members (excludes halogenated alkanes) is 1. The minimum Gasteiger partial charge on any atom is -0.323 e. The summed E-state index contributed by atoms with van der Waals surface area (Å²) in [6, 6.07) is 0. The Morgan fingerprint density at radius 3 is 2.62 bits per heavy atom. The minimum atomic E-state index is 1.05. The van der Waals surface area contributed by atoms with Gasteiger partial charge in [0.15, 0.2) is 0 Å². The van der Waals surface area contributed by atoms with Gasteiger partial charge >= 0.3 is 0 Å². The van der Waals surface area contributed by atoms with Gasteiger partial charge < -0.3 is 5.84 Å². The molecule has 0 radical (unpaired) electrons. The van der Waals surface area contributed by atoms with Gasteiger partial charge in [0.05, 0.1) is 0 Å². The van der Waals surface area contributed by atoms with Crippen LogP contribution in [0.4, 0.5) is 0 Å². The minimum absolute atomic E-state index is 1.05. The van der Waals surface area contributed by atoms with Gasteiger partial charge in [-0.05, 0) is 19.8 Å². The quantitative estimate of drug-likeness (QED) is 0.337. The van der Waals surface area contributed by atoms with Crippen molar-refractivity contribution in [1.29, 1.82) is 0 Å². The lowest BCUT2D eigenvalue weighted by molar-refractivity contribution is 0.830. The van der Waals surface area contributed by atoms with Crippen LogP contribution in [0.25, 0.3) is 0 Å². The van der Waals surface area contributed by atoms with E-state index in [1.807, 2.05) is 6.92 Å². The number of nitrogens with zero attached hydrogens (tertiary/aromatic N) is 1. The van der Waals surface area contributed by atoms with Crippen molar-refractivity contribution < 1.29 is 0 Å². The van der Waals surface area contributed by atoms with E-state index < -0.39 is 0 Å². The summed E-state index contributed by atoms with van der Waals surface area (Å²) in [6.07, 6.45) is 3.46. The molecule has 0 bridgehead atoms. The fourth-order valence-electron chi connectivity index (χ4n) is 0.497. The summed E-state index contributed by atoms with van der Waals surface area (Å²) in [4.78, 5) is 0. The average molecular weight is 114 g/mol. The highest BCUT2D eigenvalue weighted by Crippen LogP contribution is 1.94. The van der Waals surface area contributed by atoms with Gasteiger partial charge in [-0.1, -0.05) is 13.3 Å². The molecule has 0 aliphatic rings. The Balaban J connectivity index is 3.12. The molecule has 2 heteroatoms. The van der Waals surface area contributed by atoms with Crippen molar-refractivity contribution in [3.63, 3.8) is 0 Å². The Labute approximate surface area is 50.8 Å². The monoisotopic (exact) mass is 114 g/mol. The van der Waals surface area contributed by atoms with Crippen molar-refractivity contribution in [2.45, 2.75) is 33.1 Å². The fourth-order valence-corrected chi connectivity index (χ4v) is 0.497. The molecule has 0 atom stereocenters. The van der Waals surface area contributed by atoms with Gasteiger partial charge in [-0.15, -0.1) is 0 Å². The maximum Gasteiger partial charge on any atom is 0.0345 e. The van der Waals surface area contributed by atoms with Gasteiger partial charge in [-0.3, -0.25) is 0 Å². The summed E-state index contributed by atoms with van der Waals surface area (Å²) in [7, 11) is 0. The Morgan fingerprint density at radius 1 is 1.62 bits per heavy atom. The molecule has 48 valence electrons. The molecule has 0 amide bonds. The zero-order valence-corrected chi connectivity index (χ0v) is 5.65. The molecule has 0 aliphatic heterocycles.